The lowest BCUT2D eigenvalue weighted by Crippen LogP contribution is -2.49. The van der Waals surface area contributed by atoms with Crippen LogP contribution in [-0.2, 0) is 4.79 Å². The Bertz CT molecular complexity index is 210. The normalized spacial score (nSPS) is 15.0. The standard InChI is InChI=1S/C8H13ClN2O/c1-6(2)8(3,5-10)11-7(12)4-9/h6H,4H2,1-3H3,(H,11,12)/t8-/m0/s1. The summed E-state index contributed by atoms with van der Waals surface area (Å²) in [5.41, 5.74) is -0.814. The molecule has 3 nitrogen and oxygen atoms in total. The number of nitriles is 1. The molecule has 0 fully saturated rings. The van der Waals surface area contributed by atoms with Gasteiger partial charge in [-0.3, -0.25) is 4.79 Å². The summed E-state index contributed by atoms with van der Waals surface area (Å²) < 4.78 is 0. The van der Waals surface area contributed by atoms with Crippen LogP contribution in [-0.4, -0.2) is 17.3 Å². The number of hydrogen-bond acceptors (Lipinski definition) is 2. The summed E-state index contributed by atoms with van der Waals surface area (Å²) in [6.45, 7) is 5.43. The molecule has 0 aliphatic heterocycles. The zero-order valence-corrected chi connectivity index (χ0v) is 8.27. The van der Waals surface area contributed by atoms with Gasteiger partial charge in [-0.15, -0.1) is 11.6 Å². The Morgan fingerprint density at radius 3 is 2.50 bits per heavy atom. The van der Waals surface area contributed by atoms with Gasteiger partial charge in [0.05, 0.1) is 6.07 Å². The minimum atomic E-state index is -0.814. The van der Waals surface area contributed by atoms with E-state index < -0.39 is 5.54 Å². The van der Waals surface area contributed by atoms with E-state index in [4.69, 9.17) is 16.9 Å². The molecule has 0 unspecified atom stereocenters. The van der Waals surface area contributed by atoms with Gasteiger partial charge in [0.15, 0.2) is 0 Å². The zero-order chi connectivity index (χ0) is 9.78. The van der Waals surface area contributed by atoms with Gasteiger partial charge in [-0.2, -0.15) is 5.26 Å². The molecule has 0 radical (unpaired) electrons. The first-order chi connectivity index (χ1) is 5.46. The van der Waals surface area contributed by atoms with E-state index in [-0.39, 0.29) is 17.7 Å². The minimum absolute atomic E-state index is 0.0645. The molecular formula is C8H13ClN2O. The number of halogens is 1. The third-order valence-corrected chi connectivity index (χ3v) is 2.15. The van der Waals surface area contributed by atoms with Crippen molar-refractivity contribution in [1.29, 1.82) is 5.26 Å². The number of alkyl halides is 1. The highest BCUT2D eigenvalue weighted by atomic mass is 35.5. The van der Waals surface area contributed by atoms with Crippen molar-refractivity contribution in [3.05, 3.63) is 0 Å². The van der Waals surface area contributed by atoms with E-state index in [1.165, 1.54) is 0 Å². The van der Waals surface area contributed by atoms with E-state index in [1.807, 2.05) is 13.8 Å². The van der Waals surface area contributed by atoms with E-state index >= 15 is 0 Å². The number of carbonyl (C=O) groups excluding carboxylic acids is 1. The molecular weight excluding hydrogens is 176 g/mol. The largest absolute Gasteiger partial charge is 0.337 e. The Balaban J connectivity index is 4.37. The summed E-state index contributed by atoms with van der Waals surface area (Å²) in [7, 11) is 0. The summed E-state index contributed by atoms with van der Waals surface area (Å²) in [6, 6.07) is 2.05. The summed E-state index contributed by atoms with van der Waals surface area (Å²) >= 11 is 5.30. The second-order valence-corrected chi connectivity index (χ2v) is 3.42. The molecule has 0 bridgehead atoms. The quantitative estimate of drug-likeness (QED) is 0.679. The average Bonchev–Trinajstić information content (AvgIpc) is 2.03. The van der Waals surface area contributed by atoms with Gasteiger partial charge in [-0.1, -0.05) is 13.8 Å². The van der Waals surface area contributed by atoms with Crippen LogP contribution in [0.25, 0.3) is 0 Å². The highest BCUT2D eigenvalue weighted by Gasteiger charge is 2.29. The molecule has 0 aromatic rings. The van der Waals surface area contributed by atoms with Crippen LogP contribution in [0.3, 0.4) is 0 Å². The van der Waals surface area contributed by atoms with Crippen LogP contribution < -0.4 is 5.32 Å². The maximum absolute atomic E-state index is 10.9. The molecule has 0 aliphatic carbocycles. The zero-order valence-electron chi connectivity index (χ0n) is 7.52. The van der Waals surface area contributed by atoms with Crippen LogP contribution in [0.2, 0.25) is 0 Å². The Kier molecular flexibility index (Phi) is 4.05. The topological polar surface area (TPSA) is 52.9 Å². The fraction of sp³-hybridized carbons (Fsp3) is 0.750. The average molecular weight is 189 g/mol. The highest BCUT2D eigenvalue weighted by molar-refractivity contribution is 6.27. The van der Waals surface area contributed by atoms with Gasteiger partial charge in [0.2, 0.25) is 5.91 Å². The second kappa shape index (κ2) is 4.32. The first-order valence-electron chi connectivity index (χ1n) is 3.74. The smallest absolute Gasteiger partial charge is 0.236 e. The van der Waals surface area contributed by atoms with Gasteiger partial charge in [0.1, 0.15) is 11.4 Å². The Hall–Kier alpha value is -0.750. The van der Waals surface area contributed by atoms with Crippen molar-refractivity contribution in [2.75, 3.05) is 5.88 Å². The van der Waals surface area contributed by atoms with Gasteiger partial charge < -0.3 is 5.32 Å². The van der Waals surface area contributed by atoms with Crippen LogP contribution in [0.5, 0.6) is 0 Å². The number of rotatable bonds is 3. The van der Waals surface area contributed by atoms with Crippen LogP contribution in [0.4, 0.5) is 0 Å². The molecule has 0 saturated carbocycles. The Labute approximate surface area is 77.7 Å². The summed E-state index contributed by atoms with van der Waals surface area (Å²) in [6.07, 6.45) is 0. The number of nitrogens with zero attached hydrogens (tertiary/aromatic N) is 1. The van der Waals surface area contributed by atoms with Gasteiger partial charge in [0, 0.05) is 0 Å². The number of nitrogens with one attached hydrogen (secondary N) is 1. The summed E-state index contributed by atoms with van der Waals surface area (Å²) in [5.74, 6) is -0.353. The molecule has 0 spiro atoms. The first-order valence-corrected chi connectivity index (χ1v) is 4.28. The predicted molar refractivity (Wildman–Crippen MR) is 47.7 cm³/mol. The Morgan fingerprint density at radius 1 is 1.75 bits per heavy atom. The van der Waals surface area contributed by atoms with Gasteiger partial charge in [-0.25, -0.2) is 0 Å². The SMILES string of the molecule is CC(C)[C@](C)(C#N)NC(=O)CCl. The molecule has 0 aromatic carbocycles. The van der Waals surface area contributed by atoms with E-state index in [0.29, 0.717) is 0 Å². The molecule has 1 amide bonds. The fourth-order valence-corrected chi connectivity index (χ4v) is 0.691. The maximum Gasteiger partial charge on any atom is 0.236 e. The monoisotopic (exact) mass is 188 g/mol. The third-order valence-electron chi connectivity index (χ3n) is 1.91. The van der Waals surface area contributed by atoms with Crippen molar-refractivity contribution in [2.24, 2.45) is 5.92 Å². The molecule has 68 valence electrons. The van der Waals surface area contributed by atoms with Crippen LogP contribution in [0, 0.1) is 17.2 Å². The lowest BCUT2D eigenvalue weighted by molar-refractivity contribution is -0.120. The second-order valence-electron chi connectivity index (χ2n) is 3.15. The molecule has 0 aromatic heterocycles. The van der Waals surface area contributed by atoms with Gasteiger partial charge >= 0.3 is 0 Å². The van der Waals surface area contributed by atoms with E-state index in [0.717, 1.165) is 0 Å². The lowest BCUT2D eigenvalue weighted by atomic mass is 9.90. The molecule has 0 heterocycles. The van der Waals surface area contributed by atoms with Crippen molar-refractivity contribution in [3.63, 3.8) is 0 Å². The highest BCUT2D eigenvalue weighted by Crippen LogP contribution is 2.14. The first kappa shape index (κ1) is 11.2. The minimum Gasteiger partial charge on any atom is -0.337 e. The van der Waals surface area contributed by atoms with Crippen LogP contribution in [0.1, 0.15) is 20.8 Å². The summed E-state index contributed by atoms with van der Waals surface area (Å²) in [5, 5.41) is 11.4. The van der Waals surface area contributed by atoms with Crippen molar-refractivity contribution in [2.45, 2.75) is 26.3 Å². The molecule has 0 aliphatic rings. The Morgan fingerprint density at radius 2 is 2.25 bits per heavy atom. The molecule has 4 heteroatoms. The predicted octanol–water partition coefficient (Wildman–Crippen LogP) is 1.28. The molecule has 1 N–H and O–H groups in total. The number of amides is 1. The van der Waals surface area contributed by atoms with Crippen LogP contribution in [0.15, 0.2) is 0 Å². The van der Waals surface area contributed by atoms with Gasteiger partial charge in [-0.05, 0) is 12.8 Å². The van der Waals surface area contributed by atoms with E-state index in [9.17, 15) is 4.79 Å². The molecule has 0 saturated heterocycles. The van der Waals surface area contributed by atoms with Crippen molar-refractivity contribution in [3.8, 4) is 6.07 Å². The van der Waals surface area contributed by atoms with Crippen molar-refractivity contribution >= 4 is 17.5 Å². The lowest BCUT2D eigenvalue weighted by Gasteiger charge is -2.26. The van der Waals surface area contributed by atoms with Gasteiger partial charge in [0.25, 0.3) is 0 Å². The molecule has 0 rings (SSSR count). The maximum atomic E-state index is 10.9. The fourth-order valence-electron chi connectivity index (χ4n) is 0.624. The van der Waals surface area contributed by atoms with E-state index in [1.54, 1.807) is 6.92 Å². The number of hydrogen-bond donors (Lipinski definition) is 1. The van der Waals surface area contributed by atoms with Crippen LogP contribution >= 0.6 is 11.6 Å². The van der Waals surface area contributed by atoms with Crippen molar-refractivity contribution in [1.82, 2.24) is 5.32 Å². The van der Waals surface area contributed by atoms with E-state index in [2.05, 4.69) is 11.4 Å². The molecule has 1 atom stereocenters. The number of carbonyl (C=O) groups is 1. The summed E-state index contributed by atoms with van der Waals surface area (Å²) in [4.78, 5) is 10.9. The third kappa shape index (κ3) is 2.71. The van der Waals surface area contributed by atoms with Crippen molar-refractivity contribution < 1.29 is 4.79 Å². The molecule has 12 heavy (non-hydrogen) atoms.